The molecule has 31 heavy (non-hydrogen) atoms. The molecule has 0 atom stereocenters. The van der Waals surface area contributed by atoms with Gasteiger partial charge in [-0.15, -0.1) is 11.3 Å². The molecule has 1 aliphatic carbocycles. The molecule has 1 fully saturated rings. The lowest BCUT2D eigenvalue weighted by molar-refractivity contribution is -0.115. The molecule has 2 aromatic heterocycles. The summed E-state index contributed by atoms with van der Waals surface area (Å²) in [5, 5.41) is 5.56. The molecule has 2 amide bonds. The molecule has 7 heteroatoms. The Labute approximate surface area is 186 Å². The van der Waals surface area contributed by atoms with Gasteiger partial charge in [-0.1, -0.05) is 25.3 Å². The molecule has 3 aromatic rings. The Morgan fingerprint density at radius 3 is 2.58 bits per heavy atom. The molecule has 1 N–H and O–H groups in total. The number of rotatable bonds is 6. The Balaban J connectivity index is 1.33. The molecule has 0 radical (unpaired) electrons. The van der Waals surface area contributed by atoms with Crippen LogP contribution in [0.1, 0.15) is 48.2 Å². The van der Waals surface area contributed by atoms with Crippen LogP contribution in [0, 0.1) is 0 Å². The van der Waals surface area contributed by atoms with Gasteiger partial charge in [0, 0.05) is 35.9 Å². The third kappa shape index (κ3) is 5.35. The number of carbonyl (C=O) groups excluding carboxylic acids is 2. The molecule has 1 aromatic carbocycles. The van der Waals surface area contributed by atoms with Crippen molar-refractivity contribution in [3.8, 4) is 10.7 Å². The van der Waals surface area contributed by atoms with Crippen molar-refractivity contribution in [2.45, 2.75) is 44.6 Å². The number of carbonyl (C=O) groups is 2. The Bertz CT molecular complexity index is 1030. The largest absolute Gasteiger partial charge is 0.339 e. The van der Waals surface area contributed by atoms with Crippen LogP contribution in [-0.4, -0.2) is 39.8 Å². The third-order valence-electron chi connectivity index (χ3n) is 5.64. The van der Waals surface area contributed by atoms with Gasteiger partial charge in [0.1, 0.15) is 5.01 Å². The maximum Gasteiger partial charge on any atom is 0.253 e. The molecule has 4 rings (SSSR count). The van der Waals surface area contributed by atoms with Gasteiger partial charge in [-0.25, -0.2) is 4.98 Å². The van der Waals surface area contributed by atoms with Crippen molar-refractivity contribution >= 4 is 28.8 Å². The first-order chi connectivity index (χ1) is 15.1. The van der Waals surface area contributed by atoms with Crippen molar-refractivity contribution < 1.29 is 9.59 Å². The van der Waals surface area contributed by atoms with Gasteiger partial charge in [0.2, 0.25) is 5.91 Å². The van der Waals surface area contributed by atoms with Crippen LogP contribution in [0.3, 0.4) is 0 Å². The number of aromatic nitrogens is 2. The van der Waals surface area contributed by atoms with Gasteiger partial charge in [-0.3, -0.25) is 14.6 Å². The second-order valence-corrected chi connectivity index (χ2v) is 8.73. The second-order valence-electron chi connectivity index (χ2n) is 7.87. The van der Waals surface area contributed by atoms with E-state index in [0.717, 1.165) is 23.5 Å². The minimum Gasteiger partial charge on any atom is -0.339 e. The number of amides is 2. The first-order valence-electron chi connectivity index (χ1n) is 10.6. The lowest BCUT2D eigenvalue weighted by Crippen LogP contribution is -2.38. The number of nitrogens with zero attached hydrogens (tertiary/aromatic N) is 3. The highest BCUT2D eigenvalue weighted by molar-refractivity contribution is 7.13. The molecule has 0 aliphatic heterocycles. The van der Waals surface area contributed by atoms with E-state index in [9.17, 15) is 9.59 Å². The lowest BCUT2D eigenvalue weighted by atomic mass is 9.94. The fraction of sp³-hybridized carbons (Fsp3) is 0.333. The smallest absolute Gasteiger partial charge is 0.253 e. The molecule has 2 heterocycles. The van der Waals surface area contributed by atoms with Crippen molar-refractivity contribution in [1.29, 1.82) is 0 Å². The summed E-state index contributed by atoms with van der Waals surface area (Å²) >= 11 is 1.47. The Kier molecular flexibility index (Phi) is 6.72. The van der Waals surface area contributed by atoms with E-state index in [4.69, 9.17) is 0 Å². The minimum absolute atomic E-state index is 0.0364. The van der Waals surface area contributed by atoms with E-state index in [2.05, 4.69) is 15.3 Å². The Morgan fingerprint density at radius 2 is 1.87 bits per heavy atom. The van der Waals surface area contributed by atoms with Crippen LogP contribution >= 0.6 is 11.3 Å². The molecular weight excluding hydrogens is 408 g/mol. The third-order valence-corrected chi connectivity index (χ3v) is 6.55. The number of hydrogen-bond donors (Lipinski definition) is 1. The predicted octanol–water partition coefficient (Wildman–Crippen LogP) is 4.79. The van der Waals surface area contributed by atoms with Crippen molar-refractivity contribution in [2.24, 2.45) is 0 Å². The van der Waals surface area contributed by atoms with Crippen molar-refractivity contribution in [2.75, 3.05) is 12.4 Å². The molecule has 0 bridgehead atoms. The number of anilines is 1. The predicted molar refractivity (Wildman–Crippen MR) is 123 cm³/mol. The summed E-state index contributed by atoms with van der Waals surface area (Å²) in [4.78, 5) is 35.9. The molecule has 1 aliphatic rings. The average Bonchev–Trinajstić information content (AvgIpc) is 3.28. The standard InChI is InChI=1S/C24H26N4O2S/c1-28(20-7-3-2-4-8-20)24(30)17-10-12-18(13-11-17)26-22(29)15-19-16-31-23(27-19)21-9-5-6-14-25-21/h5-6,9-14,16,20H,2-4,7-8,15H2,1H3,(H,26,29). The summed E-state index contributed by atoms with van der Waals surface area (Å²) in [7, 11) is 1.89. The average molecular weight is 435 g/mol. The zero-order valence-corrected chi connectivity index (χ0v) is 18.4. The van der Waals surface area contributed by atoms with Gasteiger partial charge < -0.3 is 10.2 Å². The zero-order valence-electron chi connectivity index (χ0n) is 17.6. The fourth-order valence-corrected chi connectivity index (χ4v) is 4.69. The van der Waals surface area contributed by atoms with Crippen LogP contribution in [0.5, 0.6) is 0 Å². The summed E-state index contributed by atoms with van der Waals surface area (Å²) in [5.74, 6) is -0.106. The summed E-state index contributed by atoms with van der Waals surface area (Å²) in [6, 6.07) is 13.1. The number of pyridine rings is 1. The number of benzene rings is 1. The van der Waals surface area contributed by atoms with Gasteiger partial charge in [0.15, 0.2) is 0 Å². The van der Waals surface area contributed by atoms with E-state index in [0.29, 0.717) is 23.0 Å². The molecular formula is C24H26N4O2S. The molecule has 6 nitrogen and oxygen atoms in total. The van der Waals surface area contributed by atoms with Crippen molar-refractivity contribution in [3.05, 3.63) is 65.3 Å². The fourth-order valence-electron chi connectivity index (χ4n) is 3.90. The number of hydrogen-bond acceptors (Lipinski definition) is 5. The molecule has 160 valence electrons. The SMILES string of the molecule is CN(C(=O)c1ccc(NC(=O)Cc2csc(-c3ccccn3)n2)cc1)C1CCCCC1. The first-order valence-corrected chi connectivity index (χ1v) is 11.5. The lowest BCUT2D eigenvalue weighted by Gasteiger charge is -2.31. The minimum atomic E-state index is -0.142. The van der Waals surface area contributed by atoms with Gasteiger partial charge in [-0.05, 0) is 49.2 Å². The monoisotopic (exact) mass is 434 g/mol. The van der Waals surface area contributed by atoms with Gasteiger partial charge in [0.25, 0.3) is 5.91 Å². The van der Waals surface area contributed by atoms with Crippen LogP contribution < -0.4 is 5.32 Å². The number of thiazole rings is 1. The second kappa shape index (κ2) is 9.83. The van der Waals surface area contributed by atoms with E-state index in [1.54, 1.807) is 30.5 Å². The van der Waals surface area contributed by atoms with Crippen LogP contribution in [-0.2, 0) is 11.2 Å². The number of nitrogens with one attached hydrogen (secondary N) is 1. The summed E-state index contributed by atoms with van der Waals surface area (Å²) in [6.07, 6.45) is 7.71. The van der Waals surface area contributed by atoms with Crippen LogP contribution in [0.4, 0.5) is 5.69 Å². The molecule has 1 saturated carbocycles. The van der Waals surface area contributed by atoms with Crippen LogP contribution in [0.2, 0.25) is 0 Å². The highest BCUT2D eigenvalue weighted by Crippen LogP contribution is 2.24. The van der Waals surface area contributed by atoms with E-state index < -0.39 is 0 Å². The van der Waals surface area contributed by atoms with E-state index in [-0.39, 0.29) is 18.2 Å². The van der Waals surface area contributed by atoms with Crippen LogP contribution in [0.15, 0.2) is 54.0 Å². The zero-order chi connectivity index (χ0) is 21.6. The van der Waals surface area contributed by atoms with Gasteiger partial charge in [0.05, 0.1) is 17.8 Å². The van der Waals surface area contributed by atoms with E-state index in [1.807, 2.05) is 35.5 Å². The van der Waals surface area contributed by atoms with Crippen molar-refractivity contribution in [3.63, 3.8) is 0 Å². The summed E-state index contributed by atoms with van der Waals surface area (Å²) in [6.45, 7) is 0. The molecule has 0 saturated heterocycles. The molecule has 0 unspecified atom stereocenters. The first kappa shape index (κ1) is 21.2. The molecule has 0 spiro atoms. The highest BCUT2D eigenvalue weighted by atomic mass is 32.1. The summed E-state index contributed by atoms with van der Waals surface area (Å²) < 4.78 is 0. The topological polar surface area (TPSA) is 75.2 Å². The van der Waals surface area contributed by atoms with Gasteiger partial charge in [-0.2, -0.15) is 0 Å². The maximum atomic E-state index is 12.8. The Morgan fingerprint density at radius 1 is 1.10 bits per heavy atom. The highest BCUT2D eigenvalue weighted by Gasteiger charge is 2.23. The normalized spacial score (nSPS) is 14.2. The van der Waals surface area contributed by atoms with Crippen LogP contribution in [0.25, 0.3) is 10.7 Å². The summed E-state index contributed by atoms with van der Waals surface area (Å²) in [5.41, 5.74) is 2.83. The van der Waals surface area contributed by atoms with Crippen molar-refractivity contribution in [1.82, 2.24) is 14.9 Å². The van der Waals surface area contributed by atoms with E-state index in [1.165, 1.54) is 30.6 Å². The maximum absolute atomic E-state index is 12.8. The Hall–Kier alpha value is -3.06. The quantitative estimate of drug-likeness (QED) is 0.605. The van der Waals surface area contributed by atoms with Gasteiger partial charge >= 0.3 is 0 Å². The van der Waals surface area contributed by atoms with E-state index >= 15 is 0 Å².